The van der Waals surface area contributed by atoms with Crippen molar-refractivity contribution in [3.05, 3.63) is 0 Å². The van der Waals surface area contributed by atoms with E-state index in [4.69, 9.17) is 9.29 Å². The molecule has 12 heteroatoms. The summed E-state index contributed by atoms with van der Waals surface area (Å²) in [6.07, 6.45) is -1.77. The van der Waals surface area contributed by atoms with Crippen LogP contribution in [0.15, 0.2) is 0 Å². The molecule has 1 N–H and O–H groups in total. The molecule has 1 aliphatic rings. The van der Waals surface area contributed by atoms with Gasteiger partial charge in [-0.2, -0.15) is 26.0 Å². The summed E-state index contributed by atoms with van der Waals surface area (Å²) < 4.78 is 109. The van der Waals surface area contributed by atoms with Crippen LogP contribution in [0.4, 0.5) is 17.6 Å². The predicted octanol–water partition coefficient (Wildman–Crippen LogP) is 1.87. The Hall–Kier alpha value is -0.460. The van der Waals surface area contributed by atoms with E-state index in [9.17, 15) is 34.4 Å². The maximum atomic E-state index is 13.2. The number of ether oxygens (including phenoxy) is 1. The second-order valence-electron chi connectivity index (χ2n) is 5.75. The Morgan fingerprint density at radius 2 is 1.65 bits per heavy atom. The van der Waals surface area contributed by atoms with Crippen LogP contribution in [-0.4, -0.2) is 56.3 Å². The van der Waals surface area contributed by atoms with Crippen LogP contribution in [0.5, 0.6) is 0 Å². The summed E-state index contributed by atoms with van der Waals surface area (Å²) in [6, 6.07) is 0. The van der Waals surface area contributed by atoms with Crippen molar-refractivity contribution in [2.24, 2.45) is 0 Å². The molecule has 0 aromatic heterocycles. The second kappa shape index (κ2) is 6.45. The van der Waals surface area contributed by atoms with E-state index < -0.39 is 49.6 Å². The molecular weight excluding hydrogens is 368 g/mol. The highest BCUT2D eigenvalue weighted by atomic mass is 32.2. The highest BCUT2D eigenvalue weighted by Crippen LogP contribution is 2.41. The normalized spacial score (nSPS) is 22.0. The molecule has 0 atom stereocenters. The molecular formula is C11H18F4O6S2. The Morgan fingerprint density at radius 1 is 1.17 bits per heavy atom. The maximum absolute atomic E-state index is 13.2. The molecule has 0 spiro atoms. The summed E-state index contributed by atoms with van der Waals surface area (Å²) in [5.41, 5.74) is -0.855. The second-order valence-corrected chi connectivity index (χ2v) is 9.52. The van der Waals surface area contributed by atoms with Gasteiger partial charge in [0.05, 0.1) is 17.1 Å². The number of sulfone groups is 1. The van der Waals surface area contributed by atoms with Gasteiger partial charge in [-0.25, -0.2) is 8.42 Å². The van der Waals surface area contributed by atoms with Crippen molar-refractivity contribution in [1.29, 1.82) is 0 Å². The van der Waals surface area contributed by atoms with Crippen LogP contribution in [0.2, 0.25) is 0 Å². The Balaban J connectivity index is 2.52. The Labute approximate surface area is 131 Å². The molecule has 23 heavy (non-hydrogen) atoms. The lowest BCUT2D eigenvalue weighted by Crippen LogP contribution is -2.47. The molecule has 1 fully saturated rings. The molecule has 0 amide bonds. The zero-order valence-corrected chi connectivity index (χ0v) is 13.9. The Morgan fingerprint density at radius 3 is 2.09 bits per heavy atom. The quantitative estimate of drug-likeness (QED) is 0.408. The number of hydrogen-bond donors (Lipinski definition) is 1. The van der Waals surface area contributed by atoms with Gasteiger partial charge in [0.15, 0.2) is 9.84 Å². The minimum atomic E-state index is -6.23. The van der Waals surface area contributed by atoms with E-state index in [1.54, 1.807) is 6.92 Å². The van der Waals surface area contributed by atoms with E-state index in [2.05, 4.69) is 0 Å². The molecule has 1 saturated heterocycles. The maximum Gasteiger partial charge on any atom is 0.431 e. The zero-order chi connectivity index (χ0) is 18.2. The molecule has 0 aromatic rings. The van der Waals surface area contributed by atoms with Crippen LogP contribution in [0.25, 0.3) is 0 Å². The minimum Gasteiger partial charge on any atom is -0.375 e. The lowest BCUT2D eigenvalue weighted by molar-refractivity contribution is -0.167. The van der Waals surface area contributed by atoms with Crippen LogP contribution in [-0.2, 0) is 24.7 Å². The number of alkyl halides is 4. The molecule has 0 saturated carbocycles. The Bertz CT molecular complexity index is 615. The van der Waals surface area contributed by atoms with E-state index >= 15 is 0 Å². The zero-order valence-electron chi connectivity index (χ0n) is 12.3. The van der Waals surface area contributed by atoms with Crippen LogP contribution >= 0.6 is 0 Å². The lowest BCUT2D eigenvalue weighted by atomic mass is 9.99. The van der Waals surface area contributed by atoms with Crippen molar-refractivity contribution in [1.82, 2.24) is 0 Å². The Kier molecular flexibility index (Phi) is 5.77. The summed E-state index contributed by atoms with van der Waals surface area (Å²) in [4.78, 5) is 0. The van der Waals surface area contributed by atoms with Crippen molar-refractivity contribution in [2.45, 2.75) is 49.4 Å². The van der Waals surface area contributed by atoms with Crippen molar-refractivity contribution in [3.8, 4) is 0 Å². The van der Waals surface area contributed by atoms with Gasteiger partial charge in [-0.05, 0) is 26.2 Å². The molecule has 1 heterocycles. The molecule has 1 rings (SSSR count). The van der Waals surface area contributed by atoms with Crippen molar-refractivity contribution >= 4 is 20.0 Å². The third-order valence-electron chi connectivity index (χ3n) is 3.72. The van der Waals surface area contributed by atoms with Gasteiger partial charge in [0.25, 0.3) is 0 Å². The number of hydrogen-bond acceptors (Lipinski definition) is 5. The molecule has 6 nitrogen and oxygen atoms in total. The first-order valence-electron chi connectivity index (χ1n) is 6.69. The summed E-state index contributed by atoms with van der Waals surface area (Å²) in [6.45, 7) is 1.22. The summed E-state index contributed by atoms with van der Waals surface area (Å²) in [7, 11) is -9.37. The monoisotopic (exact) mass is 386 g/mol. The molecule has 0 unspecified atom stereocenters. The van der Waals surface area contributed by atoms with E-state index in [1.807, 2.05) is 0 Å². The van der Waals surface area contributed by atoms with Crippen LogP contribution in [0.1, 0.15) is 32.6 Å². The van der Waals surface area contributed by atoms with Crippen LogP contribution < -0.4 is 0 Å². The first-order chi connectivity index (χ1) is 10.1. The van der Waals surface area contributed by atoms with E-state index in [0.717, 1.165) is 0 Å². The van der Waals surface area contributed by atoms with Crippen LogP contribution in [0, 0.1) is 0 Å². The molecule has 0 aliphatic carbocycles. The standard InChI is InChI=1S/C11H18F4O6S2/c1-9(4-7-22(16,17)8-5-9)21-6-2-3-10(12,13)11(14,15)23(18,19)20/h2-8H2,1H3,(H,18,19,20). The van der Waals surface area contributed by atoms with Gasteiger partial charge in [-0.15, -0.1) is 0 Å². The number of halogens is 4. The summed E-state index contributed by atoms with van der Waals surface area (Å²) >= 11 is 0. The van der Waals surface area contributed by atoms with Crippen molar-refractivity contribution < 1.29 is 43.7 Å². The van der Waals surface area contributed by atoms with E-state index in [-0.39, 0.29) is 31.0 Å². The number of rotatable bonds is 7. The SMILES string of the molecule is CC1(OCCCC(F)(F)C(F)(F)S(=O)(=O)O)CCS(=O)(=O)CC1. The fourth-order valence-corrected chi connectivity index (χ4v) is 4.23. The molecule has 138 valence electrons. The molecule has 0 bridgehead atoms. The summed E-state index contributed by atoms with van der Waals surface area (Å²) in [5.74, 6) is -5.16. The fraction of sp³-hybridized carbons (Fsp3) is 1.00. The van der Waals surface area contributed by atoms with E-state index in [0.29, 0.717) is 0 Å². The van der Waals surface area contributed by atoms with Crippen LogP contribution in [0.3, 0.4) is 0 Å². The van der Waals surface area contributed by atoms with Gasteiger partial charge in [0.2, 0.25) is 0 Å². The highest BCUT2D eigenvalue weighted by molar-refractivity contribution is 7.91. The van der Waals surface area contributed by atoms with Gasteiger partial charge in [0, 0.05) is 13.0 Å². The average Bonchev–Trinajstić information content (AvgIpc) is 2.38. The van der Waals surface area contributed by atoms with Gasteiger partial charge < -0.3 is 4.74 Å². The largest absolute Gasteiger partial charge is 0.431 e. The molecule has 0 aromatic carbocycles. The first-order valence-corrected chi connectivity index (χ1v) is 9.95. The first kappa shape index (κ1) is 20.6. The molecule has 1 aliphatic heterocycles. The summed E-state index contributed by atoms with van der Waals surface area (Å²) in [5, 5.41) is -5.58. The van der Waals surface area contributed by atoms with Gasteiger partial charge in [-0.3, -0.25) is 4.55 Å². The third kappa shape index (κ3) is 5.00. The van der Waals surface area contributed by atoms with Gasteiger partial charge in [0.1, 0.15) is 0 Å². The smallest absolute Gasteiger partial charge is 0.375 e. The third-order valence-corrected chi connectivity index (χ3v) is 6.32. The van der Waals surface area contributed by atoms with Crippen molar-refractivity contribution in [2.75, 3.05) is 18.1 Å². The minimum absolute atomic E-state index is 0.111. The average molecular weight is 386 g/mol. The topological polar surface area (TPSA) is 97.7 Å². The van der Waals surface area contributed by atoms with E-state index in [1.165, 1.54) is 0 Å². The lowest BCUT2D eigenvalue weighted by Gasteiger charge is -2.33. The fourth-order valence-electron chi connectivity index (χ4n) is 2.06. The van der Waals surface area contributed by atoms with Gasteiger partial charge >= 0.3 is 21.3 Å². The highest BCUT2D eigenvalue weighted by Gasteiger charge is 2.64. The van der Waals surface area contributed by atoms with Gasteiger partial charge in [-0.1, -0.05) is 0 Å². The molecule has 0 radical (unpaired) electrons. The van der Waals surface area contributed by atoms with Crippen molar-refractivity contribution in [3.63, 3.8) is 0 Å². The predicted molar refractivity (Wildman–Crippen MR) is 72.9 cm³/mol.